The molecule has 188 valence electrons. The van der Waals surface area contributed by atoms with Crippen LogP contribution < -0.4 is 5.32 Å². The van der Waals surface area contributed by atoms with Crippen LogP contribution in [0.4, 0.5) is 5.69 Å². The van der Waals surface area contributed by atoms with Crippen molar-refractivity contribution in [3.05, 3.63) is 73.2 Å². The Morgan fingerprint density at radius 3 is 2.63 bits per heavy atom. The van der Waals surface area contributed by atoms with Crippen LogP contribution in [0.15, 0.2) is 73.2 Å². The van der Waals surface area contributed by atoms with E-state index in [2.05, 4.69) is 30.5 Å². The number of carbonyl (C=O) groups is 1. The van der Waals surface area contributed by atoms with Crippen molar-refractivity contribution in [2.24, 2.45) is 5.41 Å². The topological polar surface area (TPSA) is 125 Å². The summed E-state index contributed by atoms with van der Waals surface area (Å²) in [7, 11) is 0. The number of pyridine rings is 3. The first-order valence-corrected chi connectivity index (χ1v) is 12.3. The number of H-pyrrole nitrogens is 2. The summed E-state index contributed by atoms with van der Waals surface area (Å²) in [5, 5.41) is 10.5. The van der Waals surface area contributed by atoms with Crippen molar-refractivity contribution in [1.82, 2.24) is 35.1 Å². The van der Waals surface area contributed by atoms with Crippen molar-refractivity contribution in [3.8, 4) is 34.0 Å². The van der Waals surface area contributed by atoms with Crippen LogP contribution in [0.5, 0.6) is 0 Å². The van der Waals surface area contributed by atoms with Gasteiger partial charge in [0.1, 0.15) is 5.52 Å². The molecule has 0 saturated heterocycles. The van der Waals surface area contributed by atoms with Crippen molar-refractivity contribution in [2.45, 2.75) is 27.2 Å². The Morgan fingerprint density at radius 2 is 1.82 bits per heavy atom. The van der Waals surface area contributed by atoms with Crippen LogP contribution in [0.1, 0.15) is 27.2 Å². The number of hydrogen-bond acceptors (Lipinski definition) is 6. The number of carbonyl (C=O) groups excluding carboxylic acids is 1. The van der Waals surface area contributed by atoms with E-state index in [1.165, 1.54) is 0 Å². The Bertz CT molecular complexity index is 1780. The molecule has 0 unspecified atom stereocenters. The molecule has 0 aliphatic carbocycles. The summed E-state index contributed by atoms with van der Waals surface area (Å²) in [6, 6.07) is 17.5. The number of fused-ring (bicyclic) bond motifs is 2. The van der Waals surface area contributed by atoms with Crippen molar-refractivity contribution < 1.29 is 4.79 Å². The zero-order chi connectivity index (χ0) is 26.3. The van der Waals surface area contributed by atoms with E-state index in [4.69, 9.17) is 9.97 Å². The Kier molecular flexibility index (Phi) is 5.68. The van der Waals surface area contributed by atoms with E-state index < -0.39 is 0 Å². The van der Waals surface area contributed by atoms with Gasteiger partial charge in [0.25, 0.3) is 0 Å². The SMILES string of the molecule is CC(C)(C)CC(=O)Nc1cncc(-c2ccc3[nH]nc(-c4nc5c(-c6ccccn6)cccc5[nH]4)c3n2)c1. The normalized spacial score (nSPS) is 11.8. The highest BCUT2D eigenvalue weighted by molar-refractivity contribution is 5.96. The lowest BCUT2D eigenvalue weighted by Crippen LogP contribution is -2.19. The van der Waals surface area contributed by atoms with Gasteiger partial charge in [-0.05, 0) is 41.8 Å². The van der Waals surface area contributed by atoms with Crippen LogP contribution >= 0.6 is 0 Å². The fourth-order valence-corrected chi connectivity index (χ4v) is 4.43. The minimum atomic E-state index is -0.103. The molecule has 9 heteroatoms. The fraction of sp³-hybridized carbons (Fsp3) is 0.172. The highest BCUT2D eigenvalue weighted by Gasteiger charge is 2.18. The molecule has 0 atom stereocenters. The number of imidazole rings is 1. The number of hydrogen-bond donors (Lipinski definition) is 3. The first-order valence-electron chi connectivity index (χ1n) is 12.3. The maximum Gasteiger partial charge on any atom is 0.224 e. The number of para-hydroxylation sites is 1. The number of aromatic amines is 2. The second-order valence-electron chi connectivity index (χ2n) is 10.4. The molecule has 1 amide bonds. The van der Waals surface area contributed by atoms with E-state index in [1.54, 1.807) is 18.6 Å². The van der Waals surface area contributed by atoms with Gasteiger partial charge in [-0.25, -0.2) is 9.97 Å². The monoisotopic (exact) mass is 502 g/mol. The molecule has 5 heterocycles. The molecule has 0 fully saturated rings. The number of anilines is 1. The Labute approximate surface area is 218 Å². The number of nitrogens with one attached hydrogen (secondary N) is 3. The lowest BCUT2D eigenvalue weighted by molar-refractivity contribution is -0.117. The van der Waals surface area contributed by atoms with Crippen LogP contribution in [-0.2, 0) is 4.79 Å². The molecule has 6 rings (SSSR count). The van der Waals surface area contributed by atoms with Gasteiger partial charge in [0.05, 0.1) is 39.8 Å². The zero-order valence-electron chi connectivity index (χ0n) is 21.3. The first kappa shape index (κ1) is 23.5. The van der Waals surface area contributed by atoms with Gasteiger partial charge >= 0.3 is 0 Å². The summed E-state index contributed by atoms with van der Waals surface area (Å²) in [6.07, 6.45) is 5.56. The predicted octanol–water partition coefficient (Wildman–Crippen LogP) is 6.00. The molecular weight excluding hydrogens is 476 g/mol. The third-order valence-corrected chi connectivity index (χ3v) is 6.09. The third kappa shape index (κ3) is 4.61. The van der Waals surface area contributed by atoms with Crippen LogP contribution in [0.25, 0.3) is 56.1 Å². The van der Waals surface area contributed by atoms with Gasteiger partial charge in [-0.15, -0.1) is 0 Å². The molecule has 9 nitrogen and oxygen atoms in total. The van der Waals surface area contributed by atoms with E-state index in [-0.39, 0.29) is 11.3 Å². The number of aromatic nitrogens is 7. The van der Waals surface area contributed by atoms with Gasteiger partial charge in [-0.3, -0.25) is 19.9 Å². The number of amides is 1. The maximum absolute atomic E-state index is 12.4. The standard InChI is InChI=1S/C29H26N8O/c1-29(2,3)14-24(38)32-18-13-17(15-30-16-18)20-10-11-23-26(33-20)27(37-36-23)28-34-22-9-6-7-19(25(22)35-28)21-8-4-5-12-31-21/h4-13,15-16H,14H2,1-3H3,(H,32,38)(H,34,35)(H,36,37). The largest absolute Gasteiger partial charge is 0.336 e. The zero-order valence-corrected chi connectivity index (χ0v) is 21.3. The van der Waals surface area contributed by atoms with Crippen molar-refractivity contribution in [2.75, 3.05) is 5.32 Å². The van der Waals surface area contributed by atoms with Crippen molar-refractivity contribution in [1.29, 1.82) is 0 Å². The summed E-state index contributed by atoms with van der Waals surface area (Å²) >= 11 is 0. The van der Waals surface area contributed by atoms with Crippen LogP contribution in [0.2, 0.25) is 0 Å². The summed E-state index contributed by atoms with van der Waals surface area (Å²) < 4.78 is 0. The van der Waals surface area contributed by atoms with E-state index in [0.29, 0.717) is 34.8 Å². The second kappa shape index (κ2) is 9.19. The van der Waals surface area contributed by atoms with Gasteiger partial charge in [-0.1, -0.05) is 39.0 Å². The minimum Gasteiger partial charge on any atom is -0.336 e. The summed E-state index contributed by atoms with van der Waals surface area (Å²) in [5.41, 5.74) is 7.61. The van der Waals surface area contributed by atoms with Gasteiger partial charge in [0.2, 0.25) is 5.91 Å². The molecule has 5 aromatic heterocycles. The van der Waals surface area contributed by atoms with Crippen molar-refractivity contribution in [3.63, 3.8) is 0 Å². The molecule has 1 aromatic carbocycles. The van der Waals surface area contributed by atoms with Gasteiger partial charge in [0, 0.05) is 29.9 Å². The fourth-order valence-electron chi connectivity index (χ4n) is 4.43. The molecule has 0 radical (unpaired) electrons. The van der Waals surface area contributed by atoms with Gasteiger partial charge < -0.3 is 10.3 Å². The lowest BCUT2D eigenvalue weighted by atomic mass is 9.92. The lowest BCUT2D eigenvalue weighted by Gasteiger charge is -2.17. The summed E-state index contributed by atoms with van der Waals surface area (Å²) in [4.78, 5) is 34.4. The summed E-state index contributed by atoms with van der Waals surface area (Å²) in [5.74, 6) is 0.563. The molecular formula is C29H26N8O. The molecule has 0 aliphatic heterocycles. The smallest absolute Gasteiger partial charge is 0.224 e. The molecule has 3 N–H and O–H groups in total. The molecule has 0 aliphatic rings. The average molecular weight is 503 g/mol. The first-order chi connectivity index (χ1) is 18.3. The van der Waals surface area contributed by atoms with E-state index in [9.17, 15) is 4.79 Å². The highest BCUT2D eigenvalue weighted by atomic mass is 16.1. The second-order valence-corrected chi connectivity index (χ2v) is 10.4. The molecule has 0 bridgehead atoms. The minimum absolute atomic E-state index is 0.0491. The van der Waals surface area contributed by atoms with Crippen LogP contribution in [0, 0.1) is 5.41 Å². The maximum atomic E-state index is 12.4. The van der Waals surface area contributed by atoms with Gasteiger partial charge in [-0.2, -0.15) is 5.10 Å². The average Bonchev–Trinajstić information content (AvgIpc) is 3.51. The molecule has 0 saturated carbocycles. The highest BCUT2D eigenvalue weighted by Crippen LogP contribution is 2.31. The number of benzene rings is 1. The predicted molar refractivity (Wildman–Crippen MR) is 148 cm³/mol. The third-order valence-electron chi connectivity index (χ3n) is 6.09. The Balaban J connectivity index is 1.36. The van der Waals surface area contributed by atoms with Crippen LogP contribution in [0.3, 0.4) is 0 Å². The number of rotatable bonds is 5. The Hall–Kier alpha value is -4.92. The quantitative estimate of drug-likeness (QED) is 0.265. The van der Waals surface area contributed by atoms with Crippen LogP contribution in [-0.4, -0.2) is 41.0 Å². The van der Waals surface area contributed by atoms with Gasteiger partial charge in [0.15, 0.2) is 11.5 Å². The molecule has 38 heavy (non-hydrogen) atoms. The molecule has 0 spiro atoms. The Morgan fingerprint density at radius 1 is 0.921 bits per heavy atom. The van der Waals surface area contributed by atoms with E-state index in [1.807, 2.05) is 75.4 Å². The summed E-state index contributed by atoms with van der Waals surface area (Å²) in [6.45, 7) is 6.10. The van der Waals surface area contributed by atoms with Crippen molar-refractivity contribution >= 4 is 33.7 Å². The van der Waals surface area contributed by atoms with E-state index >= 15 is 0 Å². The molecule has 6 aromatic rings. The number of nitrogens with zero attached hydrogens (tertiary/aromatic N) is 5. The van der Waals surface area contributed by atoms with E-state index in [0.717, 1.165) is 33.4 Å².